The van der Waals surface area contributed by atoms with E-state index in [1.807, 2.05) is 56.4 Å². The van der Waals surface area contributed by atoms with Crippen LogP contribution in [-0.2, 0) is 4.79 Å². The molecule has 2 aromatic rings. The van der Waals surface area contributed by atoms with Crippen molar-refractivity contribution < 1.29 is 14.0 Å². The van der Waals surface area contributed by atoms with Crippen LogP contribution in [0.25, 0.3) is 0 Å². The Balaban J connectivity index is 1.99. The Kier molecular flexibility index (Phi) is 6.78. The number of furan rings is 1. The molecule has 25 heavy (non-hydrogen) atoms. The molecule has 2 unspecified atom stereocenters. The van der Waals surface area contributed by atoms with Crippen LogP contribution in [0.4, 0.5) is 0 Å². The molecule has 2 N–H and O–H groups in total. The number of carbonyl (C=O) groups excluding carboxylic acids is 2. The summed E-state index contributed by atoms with van der Waals surface area (Å²) in [5, 5.41) is 7.60. The summed E-state index contributed by atoms with van der Waals surface area (Å²) in [6.45, 7) is 4.22. The van der Waals surface area contributed by atoms with Gasteiger partial charge in [-0.3, -0.25) is 14.5 Å². The fourth-order valence-corrected chi connectivity index (χ4v) is 3.11. The molecular weight excluding hydrogens is 338 g/mol. The predicted octanol–water partition coefficient (Wildman–Crippen LogP) is 2.51. The third-order valence-corrected chi connectivity index (χ3v) is 4.81. The lowest BCUT2D eigenvalue weighted by molar-refractivity contribution is -0.124. The number of hydrogen-bond acceptors (Lipinski definition) is 5. The number of nitrogens with zero attached hydrogens (tertiary/aromatic N) is 1. The normalized spacial score (nSPS) is 13.7. The van der Waals surface area contributed by atoms with Gasteiger partial charge in [0, 0.05) is 6.54 Å². The second-order valence-electron chi connectivity index (χ2n) is 6.41. The average Bonchev–Trinajstić information content (AvgIpc) is 3.25. The minimum Gasteiger partial charge on any atom is -0.468 e. The van der Waals surface area contributed by atoms with Crippen molar-refractivity contribution >= 4 is 23.2 Å². The van der Waals surface area contributed by atoms with E-state index < -0.39 is 6.04 Å². The van der Waals surface area contributed by atoms with E-state index in [2.05, 4.69) is 10.6 Å². The SMILES string of the molecule is CC(C)C(NC(=O)c1cccs1)C(=O)NCC(c1ccco1)N(C)C. The molecule has 2 heterocycles. The molecule has 2 atom stereocenters. The maximum atomic E-state index is 12.6. The Labute approximate surface area is 152 Å². The summed E-state index contributed by atoms with van der Waals surface area (Å²) in [6.07, 6.45) is 1.62. The fraction of sp³-hybridized carbons (Fsp3) is 0.444. The molecule has 2 rings (SSSR count). The lowest BCUT2D eigenvalue weighted by Crippen LogP contribution is -2.50. The number of hydrogen-bond donors (Lipinski definition) is 2. The monoisotopic (exact) mass is 363 g/mol. The van der Waals surface area contributed by atoms with Crippen molar-refractivity contribution in [2.45, 2.75) is 25.9 Å². The molecule has 0 aliphatic heterocycles. The third-order valence-electron chi connectivity index (χ3n) is 3.95. The molecule has 2 amide bonds. The molecule has 0 bridgehead atoms. The van der Waals surface area contributed by atoms with E-state index in [0.29, 0.717) is 11.4 Å². The van der Waals surface area contributed by atoms with E-state index in [0.717, 1.165) is 5.76 Å². The van der Waals surface area contributed by atoms with Crippen LogP contribution in [0.2, 0.25) is 0 Å². The Bertz CT molecular complexity index is 666. The number of carbonyl (C=O) groups is 2. The van der Waals surface area contributed by atoms with Gasteiger partial charge in [-0.25, -0.2) is 0 Å². The molecular formula is C18H25N3O3S. The zero-order valence-electron chi connectivity index (χ0n) is 15.0. The van der Waals surface area contributed by atoms with Crippen LogP contribution in [0.15, 0.2) is 40.3 Å². The minimum absolute atomic E-state index is 0.0228. The summed E-state index contributed by atoms with van der Waals surface area (Å²) in [6, 6.07) is 6.61. The summed E-state index contributed by atoms with van der Waals surface area (Å²) in [5.41, 5.74) is 0. The van der Waals surface area contributed by atoms with Crippen molar-refractivity contribution in [3.8, 4) is 0 Å². The van der Waals surface area contributed by atoms with E-state index in [1.165, 1.54) is 11.3 Å². The van der Waals surface area contributed by atoms with Gasteiger partial charge in [0.05, 0.1) is 17.2 Å². The van der Waals surface area contributed by atoms with Gasteiger partial charge in [0.25, 0.3) is 5.91 Å². The predicted molar refractivity (Wildman–Crippen MR) is 98.6 cm³/mol. The lowest BCUT2D eigenvalue weighted by Gasteiger charge is -2.25. The van der Waals surface area contributed by atoms with Gasteiger partial charge in [-0.15, -0.1) is 11.3 Å². The largest absolute Gasteiger partial charge is 0.468 e. The quantitative estimate of drug-likeness (QED) is 0.756. The highest BCUT2D eigenvalue weighted by molar-refractivity contribution is 7.12. The number of amides is 2. The summed E-state index contributed by atoms with van der Waals surface area (Å²) >= 11 is 1.35. The molecule has 0 saturated carbocycles. The Morgan fingerprint density at radius 2 is 2.00 bits per heavy atom. The molecule has 136 valence electrons. The first-order valence-electron chi connectivity index (χ1n) is 8.22. The lowest BCUT2D eigenvalue weighted by atomic mass is 10.0. The van der Waals surface area contributed by atoms with Gasteiger partial charge in [-0.1, -0.05) is 19.9 Å². The second kappa shape index (κ2) is 8.82. The minimum atomic E-state index is -0.589. The first-order valence-corrected chi connectivity index (χ1v) is 9.10. The fourth-order valence-electron chi connectivity index (χ4n) is 2.48. The first kappa shape index (κ1) is 19.2. The summed E-state index contributed by atoms with van der Waals surface area (Å²) in [5.74, 6) is 0.344. The van der Waals surface area contributed by atoms with Crippen molar-refractivity contribution in [3.63, 3.8) is 0 Å². The van der Waals surface area contributed by atoms with Crippen molar-refractivity contribution in [2.24, 2.45) is 5.92 Å². The van der Waals surface area contributed by atoms with Crippen LogP contribution in [-0.4, -0.2) is 43.4 Å². The molecule has 2 aromatic heterocycles. The highest BCUT2D eigenvalue weighted by Crippen LogP contribution is 2.18. The molecule has 0 aliphatic carbocycles. The summed E-state index contributed by atoms with van der Waals surface area (Å²) in [7, 11) is 3.86. The van der Waals surface area contributed by atoms with E-state index >= 15 is 0 Å². The smallest absolute Gasteiger partial charge is 0.262 e. The van der Waals surface area contributed by atoms with Crippen LogP contribution >= 0.6 is 11.3 Å². The number of likely N-dealkylation sites (N-methyl/N-ethyl adjacent to an activating group) is 1. The highest BCUT2D eigenvalue weighted by Gasteiger charge is 2.26. The number of nitrogens with one attached hydrogen (secondary N) is 2. The average molecular weight is 363 g/mol. The van der Waals surface area contributed by atoms with E-state index in [9.17, 15) is 9.59 Å². The van der Waals surface area contributed by atoms with E-state index in [4.69, 9.17) is 4.42 Å². The number of rotatable bonds is 8. The maximum absolute atomic E-state index is 12.6. The molecule has 0 spiro atoms. The van der Waals surface area contributed by atoms with Crippen LogP contribution < -0.4 is 10.6 Å². The zero-order valence-corrected chi connectivity index (χ0v) is 15.8. The van der Waals surface area contributed by atoms with Gasteiger partial charge in [0.2, 0.25) is 5.91 Å². The third kappa shape index (κ3) is 5.17. The van der Waals surface area contributed by atoms with Crippen molar-refractivity contribution in [1.29, 1.82) is 0 Å². The summed E-state index contributed by atoms with van der Waals surface area (Å²) in [4.78, 5) is 27.4. The van der Waals surface area contributed by atoms with Gasteiger partial charge < -0.3 is 15.1 Å². The van der Waals surface area contributed by atoms with Gasteiger partial charge in [-0.05, 0) is 43.6 Å². The highest BCUT2D eigenvalue weighted by atomic mass is 32.1. The topological polar surface area (TPSA) is 74.6 Å². The Morgan fingerprint density at radius 1 is 1.24 bits per heavy atom. The van der Waals surface area contributed by atoms with Crippen molar-refractivity contribution in [2.75, 3.05) is 20.6 Å². The van der Waals surface area contributed by atoms with Crippen LogP contribution in [0.1, 0.15) is 35.3 Å². The maximum Gasteiger partial charge on any atom is 0.262 e. The van der Waals surface area contributed by atoms with Crippen LogP contribution in [0, 0.1) is 5.92 Å². The van der Waals surface area contributed by atoms with Crippen molar-refractivity contribution in [1.82, 2.24) is 15.5 Å². The van der Waals surface area contributed by atoms with Gasteiger partial charge in [-0.2, -0.15) is 0 Å². The number of thiophene rings is 1. The van der Waals surface area contributed by atoms with Crippen molar-refractivity contribution in [3.05, 3.63) is 46.5 Å². The molecule has 6 nitrogen and oxygen atoms in total. The molecule has 0 fully saturated rings. The van der Waals surface area contributed by atoms with E-state index in [-0.39, 0.29) is 23.8 Å². The van der Waals surface area contributed by atoms with Crippen LogP contribution in [0.3, 0.4) is 0 Å². The second-order valence-corrected chi connectivity index (χ2v) is 7.36. The molecule has 7 heteroatoms. The van der Waals surface area contributed by atoms with Gasteiger partial charge in [0.15, 0.2) is 0 Å². The molecule has 0 aliphatic rings. The van der Waals surface area contributed by atoms with Gasteiger partial charge in [0.1, 0.15) is 11.8 Å². The Hall–Kier alpha value is -2.12. The zero-order chi connectivity index (χ0) is 18.4. The van der Waals surface area contributed by atoms with E-state index in [1.54, 1.807) is 12.3 Å². The molecule has 0 aromatic carbocycles. The molecule has 0 radical (unpaired) electrons. The Morgan fingerprint density at radius 3 is 2.52 bits per heavy atom. The van der Waals surface area contributed by atoms with Gasteiger partial charge >= 0.3 is 0 Å². The standard InChI is InChI=1S/C18H25N3O3S/c1-12(2)16(20-17(22)15-8-6-10-25-15)18(23)19-11-13(21(3)4)14-7-5-9-24-14/h5-10,12-13,16H,11H2,1-4H3,(H,19,23)(H,20,22). The summed E-state index contributed by atoms with van der Waals surface area (Å²) < 4.78 is 5.45. The molecule has 0 saturated heterocycles. The van der Waals surface area contributed by atoms with Crippen LogP contribution in [0.5, 0.6) is 0 Å². The first-order chi connectivity index (χ1) is 11.9.